The van der Waals surface area contributed by atoms with E-state index in [4.69, 9.17) is 0 Å². The highest BCUT2D eigenvalue weighted by Gasteiger charge is 2.36. The van der Waals surface area contributed by atoms with Gasteiger partial charge in [0, 0.05) is 51.3 Å². The number of aliphatic hydroxyl groups excluding tert-OH is 3. The first kappa shape index (κ1) is 37.3. The van der Waals surface area contributed by atoms with Crippen LogP contribution >= 0.6 is 0 Å². The zero-order chi connectivity index (χ0) is 34.6. The van der Waals surface area contributed by atoms with Crippen LogP contribution in [0, 0.1) is 11.8 Å². The number of likely N-dealkylation sites (tertiary alicyclic amines) is 1. The molecule has 5 atom stereocenters. The summed E-state index contributed by atoms with van der Waals surface area (Å²) in [6, 6.07) is 6.48. The molecular weight excluding hydrogens is 612 g/mol. The van der Waals surface area contributed by atoms with E-state index in [9.17, 15) is 29.7 Å². The predicted molar refractivity (Wildman–Crippen MR) is 183 cm³/mol. The summed E-state index contributed by atoms with van der Waals surface area (Å²) >= 11 is 0. The predicted octanol–water partition coefficient (Wildman–Crippen LogP) is 2.78. The Morgan fingerprint density at radius 3 is 2.29 bits per heavy atom. The summed E-state index contributed by atoms with van der Waals surface area (Å²) < 4.78 is 0. The number of aromatic amines is 1. The molecule has 2 heterocycles. The van der Waals surface area contributed by atoms with Crippen LogP contribution in [-0.2, 0) is 22.4 Å². The third-order valence-corrected chi connectivity index (χ3v) is 10.1. The Balaban J connectivity index is 1.57. The van der Waals surface area contributed by atoms with Gasteiger partial charge in [0.25, 0.3) is 0 Å². The van der Waals surface area contributed by atoms with Gasteiger partial charge >= 0.3 is 6.03 Å². The average molecular weight is 669 g/mol. The lowest BCUT2D eigenvalue weighted by molar-refractivity contribution is -0.141. The Bertz CT molecular complexity index is 1260. The van der Waals surface area contributed by atoms with Crippen molar-refractivity contribution in [1.29, 1.82) is 0 Å². The molecule has 4 rings (SSSR count). The van der Waals surface area contributed by atoms with E-state index < -0.39 is 54.3 Å². The van der Waals surface area contributed by atoms with Gasteiger partial charge in [-0.2, -0.15) is 0 Å². The van der Waals surface area contributed by atoms with E-state index in [-0.39, 0.29) is 25.2 Å². The van der Waals surface area contributed by atoms with E-state index in [1.807, 2.05) is 44.2 Å². The molecule has 12 heteroatoms. The summed E-state index contributed by atoms with van der Waals surface area (Å²) in [6.07, 6.45) is 8.49. The topological polar surface area (TPSA) is 171 Å². The second-order valence-electron chi connectivity index (χ2n) is 14.1. The van der Waals surface area contributed by atoms with Gasteiger partial charge in [0.1, 0.15) is 12.1 Å². The normalized spacial score (nSPS) is 19.3. The number of aliphatic hydroxyl groups is 3. The number of imidazole rings is 1. The molecule has 4 amide bonds. The molecule has 1 saturated heterocycles. The minimum Gasteiger partial charge on any atom is -0.393 e. The van der Waals surface area contributed by atoms with Crippen LogP contribution in [0.15, 0.2) is 42.9 Å². The number of nitrogens with one attached hydrogen (secondary N) is 3. The van der Waals surface area contributed by atoms with Crippen LogP contribution in [-0.4, -0.2) is 110 Å². The molecule has 0 spiro atoms. The molecule has 0 unspecified atom stereocenters. The summed E-state index contributed by atoms with van der Waals surface area (Å²) in [5, 5.41) is 37.9. The molecule has 0 bridgehead atoms. The third-order valence-electron chi connectivity index (χ3n) is 10.1. The Labute approximate surface area is 284 Å². The van der Waals surface area contributed by atoms with Crippen LogP contribution in [0.1, 0.15) is 82.9 Å². The highest BCUT2D eigenvalue weighted by molar-refractivity contribution is 5.92. The number of carbonyl (C=O) groups excluding carboxylic acids is 3. The Morgan fingerprint density at radius 1 is 0.979 bits per heavy atom. The minimum absolute atomic E-state index is 0.0469. The maximum atomic E-state index is 14.3. The number of rotatable bonds is 15. The van der Waals surface area contributed by atoms with Crippen molar-refractivity contribution in [3.8, 4) is 0 Å². The zero-order valence-electron chi connectivity index (χ0n) is 28.8. The lowest BCUT2D eigenvalue weighted by atomic mass is 9.82. The lowest BCUT2D eigenvalue weighted by Gasteiger charge is -2.36. The van der Waals surface area contributed by atoms with Crippen molar-refractivity contribution < 1.29 is 29.7 Å². The van der Waals surface area contributed by atoms with E-state index in [2.05, 4.69) is 20.6 Å². The van der Waals surface area contributed by atoms with Crippen LogP contribution in [0.3, 0.4) is 0 Å². The first-order valence-electron chi connectivity index (χ1n) is 17.7. The molecule has 48 heavy (non-hydrogen) atoms. The number of amides is 4. The number of H-pyrrole nitrogens is 1. The number of carbonyl (C=O) groups is 3. The van der Waals surface area contributed by atoms with E-state index in [1.165, 1.54) is 17.6 Å². The van der Waals surface area contributed by atoms with E-state index in [0.717, 1.165) is 31.2 Å². The Kier molecular flexibility index (Phi) is 14.3. The number of nitrogens with zero attached hydrogens (tertiary/aromatic N) is 3. The van der Waals surface area contributed by atoms with Gasteiger partial charge in [-0.1, -0.05) is 76.3 Å². The van der Waals surface area contributed by atoms with Crippen molar-refractivity contribution in [2.45, 2.75) is 121 Å². The van der Waals surface area contributed by atoms with Gasteiger partial charge in [-0.3, -0.25) is 9.59 Å². The summed E-state index contributed by atoms with van der Waals surface area (Å²) in [7, 11) is 1.57. The molecule has 1 aliphatic heterocycles. The lowest BCUT2D eigenvalue weighted by Crippen LogP contribution is -2.59. The number of aromatic nitrogens is 2. The zero-order valence-corrected chi connectivity index (χ0v) is 28.8. The number of hydrogen-bond acceptors (Lipinski definition) is 7. The van der Waals surface area contributed by atoms with Gasteiger partial charge in [-0.25, -0.2) is 9.78 Å². The van der Waals surface area contributed by atoms with Crippen LogP contribution in [0.5, 0.6) is 0 Å². The van der Waals surface area contributed by atoms with Crippen molar-refractivity contribution >= 4 is 17.8 Å². The van der Waals surface area contributed by atoms with Crippen molar-refractivity contribution in [2.75, 3.05) is 20.1 Å². The average Bonchev–Trinajstić information content (AvgIpc) is 3.60. The van der Waals surface area contributed by atoms with Crippen LogP contribution in [0.4, 0.5) is 4.79 Å². The largest absolute Gasteiger partial charge is 0.393 e. The quantitative estimate of drug-likeness (QED) is 0.169. The smallest absolute Gasteiger partial charge is 0.318 e. The maximum Gasteiger partial charge on any atom is 0.318 e. The summed E-state index contributed by atoms with van der Waals surface area (Å²) in [5.41, 5.74) is 1.51. The molecule has 1 aromatic carbocycles. The highest BCUT2D eigenvalue weighted by atomic mass is 16.3. The van der Waals surface area contributed by atoms with Gasteiger partial charge < -0.3 is 40.7 Å². The molecule has 0 radical (unpaired) electrons. The van der Waals surface area contributed by atoms with Crippen molar-refractivity contribution in [1.82, 2.24) is 30.4 Å². The van der Waals surface area contributed by atoms with Crippen LogP contribution in [0.2, 0.25) is 0 Å². The summed E-state index contributed by atoms with van der Waals surface area (Å²) in [6.45, 7) is 4.56. The second kappa shape index (κ2) is 18.3. The number of likely N-dealkylation sites (N-methyl/N-ethyl adjacent to an activating group) is 1. The molecule has 266 valence electrons. The van der Waals surface area contributed by atoms with E-state index in [1.54, 1.807) is 18.1 Å². The molecular formula is C36H56N6O6. The van der Waals surface area contributed by atoms with Crippen LogP contribution in [0.25, 0.3) is 0 Å². The molecule has 2 aromatic rings. The standard InChI is InChI=1S/C36H56N6O6/c1-24(2)32(44)21-33(45)29(18-25-10-6-4-7-11-25)39-34(46)31(20-27-22-37-23-38-27)41(3)35(47)30(19-26-12-8-5-9-13-26)40-36(48)42-16-14-28(43)15-17-42/h5,8-9,12-13,22-25,28-33,43-45H,4,6-7,10-11,14-21H2,1-3H3,(H,37,38)(H,39,46)(H,40,48)/t29-,30-,31+,32-,33-/m0/s1. The number of piperidine rings is 1. The third kappa shape index (κ3) is 11.0. The number of hydrogen-bond donors (Lipinski definition) is 6. The van der Waals surface area contributed by atoms with Gasteiger partial charge in [-0.05, 0) is 36.7 Å². The number of urea groups is 1. The molecule has 12 nitrogen and oxygen atoms in total. The molecule has 1 aromatic heterocycles. The van der Waals surface area contributed by atoms with Gasteiger partial charge in [0.05, 0.1) is 30.7 Å². The minimum atomic E-state index is -0.977. The van der Waals surface area contributed by atoms with Crippen LogP contribution < -0.4 is 10.6 Å². The molecule has 1 aliphatic carbocycles. The van der Waals surface area contributed by atoms with E-state index in [0.29, 0.717) is 44.0 Å². The fourth-order valence-electron chi connectivity index (χ4n) is 6.83. The molecule has 2 aliphatic rings. The molecule has 1 saturated carbocycles. The first-order chi connectivity index (χ1) is 23.0. The Morgan fingerprint density at radius 2 is 1.67 bits per heavy atom. The summed E-state index contributed by atoms with van der Waals surface area (Å²) in [5.74, 6) is -0.548. The SMILES string of the molecule is CC(C)[C@@H](O)C[C@H](O)[C@H](CC1CCCCC1)NC(=O)[C@@H](Cc1cnc[nH]1)N(C)C(=O)[C@H](Cc1ccccc1)NC(=O)N1CCC(O)CC1. The Hall–Kier alpha value is -3.48. The first-order valence-corrected chi connectivity index (χ1v) is 17.7. The molecule has 6 N–H and O–H groups in total. The van der Waals surface area contributed by atoms with Gasteiger partial charge in [-0.15, -0.1) is 0 Å². The second-order valence-corrected chi connectivity index (χ2v) is 14.1. The monoisotopic (exact) mass is 668 g/mol. The highest BCUT2D eigenvalue weighted by Crippen LogP contribution is 2.29. The van der Waals surface area contributed by atoms with Gasteiger partial charge in [0.2, 0.25) is 11.8 Å². The summed E-state index contributed by atoms with van der Waals surface area (Å²) in [4.78, 5) is 52.0. The van der Waals surface area contributed by atoms with Crippen molar-refractivity contribution in [3.63, 3.8) is 0 Å². The number of benzene rings is 1. The molecule has 2 fully saturated rings. The maximum absolute atomic E-state index is 14.3. The van der Waals surface area contributed by atoms with Crippen molar-refractivity contribution in [3.05, 3.63) is 54.1 Å². The van der Waals surface area contributed by atoms with E-state index >= 15 is 0 Å². The van der Waals surface area contributed by atoms with Gasteiger partial charge in [0.15, 0.2) is 0 Å². The fraction of sp³-hybridized carbons (Fsp3) is 0.667. The van der Waals surface area contributed by atoms with Crippen molar-refractivity contribution in [2.24, 2.45) is 11.8 Å². The fourth-order valence-corrected chi connectivity index (χ4v) is 6.83.